The first-order valence-corrected chi connectivity index (χ1v) is 10.2. The van der Waals surface area contributed by atoms with E-state index in [1.165, 1.54) is 11.1 Å². The zero-order valence-electron chi connectivity index (χ0n) is 18.3. The number of amides is 1. The number of nitrogens with zero attached hydrogens (tertiary/aromatic N) is 4. The first-order chi connectivity index (χ1) is 14.0. The molecular formula is C23H32Cl2N4O2. The van der Waals surface area contributed by atoms with Crippen LogP contribution in [-0.2, 0) is 11.3 Å². The molecule has 0 N–H and O–H groups in total. The fourth-order valence-corrected chi connectivity index (χ4v) is 4.95. The van der Waals surface area contributed by atoms with Gasteiger partial charge in [0.05, 0.1) is 13.7 Å². The summed E-state index contributed by atoms with van der Waals surface area (Å²) in [6.45, 7) is 3.95. The molecule has 2 fully saturated rings. The van der Waals surface area contributed by atoms with Crippen LogP contribution in [0.3, 0.4) is 0 Å². The molecule has 4 rings (SSSR count). The molecule has 1 aromatic heterocycles. The molecule has 2 aliphatic rings. The van der Waals surface area contributed by atoms with E-state index in [4.69, 9.17) is 4.74 Å². The Morgan fingerprint density at radius 1 is 1.10 bits per heavy atom. The molecule has 1 aromatic carbocycles. The quantitative estimate of drug-likeness (QED) is 0.654. The van der Waals surface area contributed by atoms with E-state index >= 15 is 0 Å². The smallest absolute Gasteiger partial charge is 0.236 e. The van der Waals surface area contributed by atoms with Crippen LogP contribution in [0.2, 0.25) is 0 Å². The van der Waals surface area contributed by atoms with Gasteiger partial charge in [0.2, 0.25) is 5.91 Å². The lowest BCUT2D eigenvalue weighted by Crippen LogP contribution is -2.39. The first-order valence-electron chi connectivity index (χ1n) is 10.2. The maximum Gasteiger partial charge on any atom is 0.236 e. The number of hydrogen-bond donors (Lipinski definition) is 0. The molecule has 6 nitrogen and oxygen atoms in total. The van der Waals surface area contributed by atoms with Crippen molar-refractivity contribution in [2.45, 2.75) is 12.6 Å². The summed E-state index contributed by atoms with van der Waals surface area (Å²) in [7, 11) is 5.89. The Balaban J connectivity index is 0.00000171. The molecule has 0 spiro atoms. The lowest BCUT2D eigenvalue weighted by Gasteiger charge is -2.28. The number of ether oxygens (including phenoxy) is 1. The van der Waals surface area contributed by atoms with Gasteiger partial charge in [0.25, 0.3) is 0 Å². The number of likely N-dealkylation sites (tertiary alicyclic amines) is 2. The highest BCUT2D eigenvalue weighted by Gasteiger charge is 2.47. The molecule has 1 amide bonds. The number of aromatic nitrogens is 1. The number of carbonyl (C=O) groups excluding carboxylic acids is 1. The number of rotatable bonds is 6. The minimum absolute atomic E-state index is 0. The van der Waals surface area contributed by atoms with Gasteiger partial charge in [0.1, 0.15) is 5.75 Å². The SMILES string of the molecule is COc1ccc([C@@H]2[C@@H]3CN(C(=O)CN(C)Cc4ccncc4)C[C@@H]3CN2C)cc1.Cl.Cl. The van der Waals surface area contributed by atoms with Crippen molar-refractivity contribution in [1.82, 2.24) is 19.7 Å². The van der Waals surface area contributed by atoms with Crippen molar-refractivity contribution in [3.05, 3.63) is 59.9 Å². The summed E-state index contributed by atoms with van der Waals surface area (Å²) in [5, 5.41) is 0. The van der Waals surface area contributed by atoms with Crippen molar-refractivity contribution >= 4 is 30.7 Å². The molecule has 2 aliphatic heterocycles. The van der Waals surface area contributed by atoms with Gasteiger partial charge in [0, 0.05) is 50.5 Å². The van der Waals surface area contributed by atoms with Gasteiger partial charge in [0.15, 0.2) is 0 Å². The van der Waals surface area contributed by atoms with Gasteiger partial charge in [-0.05, 0) is 55.4 Å². The Morgan fingerprint density at radius 3 is 2.42 bits per heavy atom. The fourth-order valence-electron chi connectivity index (χ4n) is 4.95. The van der Waals surface area contributed by atoms with Crippen molar-refractivity contribution < 1.29 is 9.53 Å². The van der Waals surface area contributed by atoms with Gasteiger partial charge in [-0.1, -0.05) is 12.1 Å². The highest BCUT2D eigenvalue weighted by Crippen LogP contribution is 2.44. The highest BCUT2D eigenvalue weighted by molar-refractivity contribution is 5.85. The van der Waals surface area contributed by atoms with Crippen LogP contribution in [0.25, 0.3) is 0 Å². The van der Waals surface area contributed by atoms with E-state index < -0.39 is 0 Å². The summed E-state index contributed by atoms with van der Waals surface area (Å²) in [6, 6.07) is 12.7. The summed E-state index contributed by atoms with van der Waals surface area (Å²) in [5.41, 5.74) is 2.49. The third-order valence-electron chi connectivity index (χ3n) is 6.31. The van der Waals surface area contributed by atoms with Crippen LogP contribution in [0.5, 0.6) is 5.75 Å². The van der Waals surface area contributed by atoms with E-state index in [0.29, 0.717) is 24.4 Å². The Labute approximate surface area is 197 Å². The van der Waals surface area contributed by atoms with Gasteiger partial charge >= 0.3 is 0 Å². The van der Waals surface area contributed by atoms with E-state index in [9.17, 15) is 4.79 Å². The maximum absolute atomic E-state index is 12.9. The third kappa shape index (κ3) is 5.69. The summed E-state index contributed by atoms with van der Waals surface area (Å²) >= 11 is 0. The fraction of sp³-hybridized carbons (Fsp3) is 0.478. The van der Waals surface area contributed by atoms with E-state index in [1.807, 2.05) is 31.3 Å². The molecule has 0 unspecified atom stereocenters. The first kappa shape index (κ1) is 25.4. The van der Waals surface area contributed by atoms with Gasteiger partial charge in [-0.2, -0.15) is 0 Å². The van der Waals surface area contributed by atoms with Crippen molar-refractivity contribution in [2.24, 2.45) is 11.8 Å². The van der Waals surface area contributed by atoms with Crippen LogP contribution < -0.4 is 4.74 Å². The molecule has 3 heterocycles. The Bertz CT molecular complexity index is 837. The lowest BCUT2D eigenvalue weighted by molar-refractivity contribution is -0.131. The van der Waals surface area contributed by atoms with Crippen molar-refractivity contribution in [3.8, 4) is 5.75 Å². The Kier molecular flexibility index (Phi) is 9.13. The minimum atomic E-state index is 0. The predicted octanol–water partition coefficient (Wildman–Crippen LogP) is 3.13. The van der Waals surface area contributed by atoms with Crippen molar-refractivity contribution in [3.63, 3.8) is 0 Å². The molecule has 0 aliphatic carbocycles. The number of fused-ring (bicyclic) bond motifs is 1. The van der Waals surface area contributed by atoms with Crippen LogP contribution in [-0.4, -0.2) is 73.0 Å². The Morgan fingerprint density at radius 2 is 1.77 bits per heavy atom. The number of hydrogen-bond acceptors (Lipinski definition) is 5. The molecule has 8 heteroatoms. The molecule has 2 saturated heterocycles. The molecule has 31 heavy (non-hydrogen) atoms. The molecule has 3 atom stereocenters. The van der Waals surface area contributed by atoms with E-state index in [1.54, 1.807) is 19.5 Å². The average molecular weight is 467 g/mol. The predicted molar refractivity (Wildman–Crippen MR) is 127 cm³/mol. The van der Waals surface area contributed by atoms with Gasteiger partial charge in [-0.25, -0.2) is 0 Å². The van der Waals surface area contributed by atoms with Gasteiger partial charge in [-0.15, -0.1) is 24.8 Å². The standard InChI is InChI=1S/C23H30N4O2.2ClH/c1-25(12-17-8-10-24-11-9-17)16-22(28)27-14-19-13-26(2)23(21(19)15-27)18-4-6-20(29-3)7-5-18;;/h4-11,19,21,23H,12-16H2,1-3H3;2*1H/t19-,21+,23+;;/m0../s1. The van der Waals surface area contributed by atoms with Crippen molar-refractivity contribution in [1.29, 1.82) is 0 Å². The molecule has 2 aromatic rings. The summed E-state index contributed by atoms with van der Waals surface area (Å²) < 4.78 is 5.30. The van der Waals surface area contributed by atoms with Crippen LogP contribution in [0, 0.1) is 11.8 Å². The van der Waals surface area contributed by atoms with Crippen LogP contribution in [0.4, 0.5) is 0 Å². The summed E-state index contributed by atoms with van der Waals surface area (Å²) in [6.07, 6.45) is 3.59. The second-order valence-electron chi connectivity index (χ2n) is 8.41. The molecule has 0 saturated carbocycles. The molecule has 0 bridgehead atoms. The second-order valence-corrected chi connectivity index (χ2v) is 8.41. The third-order valence-corrected chi connectivity index (χ3v) is 6.31. The molecule has 0 radical (unpaired) electrons. The van der Waals surface area contributed by atoms with Gasteiger partial charge in [-0.3, -0.25) is 19.6 Å². The van der Waals surface area contributed by atoms with E-state index in [2.05, 4.69) is 38.9 Å². The van der Waals surface area contributed by atoms with Gasteiger partial charge < -0.3 is 9.64 Å². The summed E-state index contributed by atoms with van der Waals surface area (Å²) in [4.78, 5) is 23.6. The zero-order chi connectivity index (χ0) is 20.4. The maximum atomic E-state index is 12.9. The normalized spacial score (nSPS) is 22.6. The second kappa shape index (κ2) is 11.1. The summed E-state index contributed by atoms with van der Waals surface area (Å²) in [5.74, 6) is 2.14. The number of halogens is 2. The van der Waals surface area contributed by atoms with Crippen molar-refractivity contribution in [2.75, 3.05) is 47.4 Å². The van der Waals surface area contributed by atoms with Crippen LogP contribution in [0.15, 0.2) is 48.8 Å². The molecule has 170 valence electrons. The zero-order valence-corrected chi connectivity index (χ0v) is 19.9. The topological polar surface area (TPSA) is 48.9 Å². The monoisotopic (exact) mass is 466 g/mol. The number of methoxy groups -OCH3 is 1. The van der Waals surface area contributed by atoms with Crippen LogP contribution in [0.1, 0.15) is 17.2 Å². The lowest BCUT2D eigenvalue weighted by atomic mass is 9.89. The van der Waals surface area contributed by atoms with E-state index in [-0.39, 0.29) is 30.7 Å². The number of carbonyl (C=O) groups is 1. The number of likely N-dealkylation sites (N-methyl/N-ethyl adjacent to an activating group) is 1. The van der Waals surface area contributed by atoms with Crippen LogP contribution >= 0.6 is 24.8 Å². The largest absolute Gasteiger partial charge is 0.497 e. The Hall–Kier alpha value is -1.86. The number of benzene rings is 1. The number of pyridine rings is 1. The highest BCUT2D eigenvalue weighted by atomic mass is 35.5. The molecular weight excluding hydrogens is 435 g/mol. The average Bonchev–Trinajstić information content (AvgIpc) is 3.25. The van der Waals surface area contributed by atoms with E-state index in [0.717, 1.165) is 31.9 Å². The minimum Gasteiger partial charge on any atom is -0.497 e.